The lowest BCUT2D eigenvalue weighted by Crippen LogP contribution is -2.46. The topological polar surface area (TPSA) is 150 Å². The monoisotopic (exact) mass is 497 g/mol. The Morgan fingerprint density at radius 1 is 1.06 bits per heavy atom. The number of nitrogens with two attached hydrogens (primary N) is 1. The van der Waals surface area contributed by atoms with E-state index in [1.54, 1.807) is 18.2 Å². The average Bonchev–Trinajstić information content (AvgIpc) is 2.80. The number of hydrogen-bond donors (Lipinski definition) is 3. The third-order valence-electron chi connectivity index (χ3n) is 5.72. The Kier molecular flexibility index (Phi) is 8.46. The SMILES string of the molecule is CCN(CC(=O)N(CC(C)C)c1c(N)n(CC(C)C)c(=O)[nH]c1=O)Cc1nc2ccccc2c(=O)[nH]1. The van der Waals surface area contributed by atoms with Crippen LogP contribution in [0, 0.1) is 11.8 Å². The van der Waals surface area contributed by atoms with Gasteiger partial charge in [-0.25, -0.2) is 9.78 Å². The van der Waals surface area contributed by atoms with Crippen LogP contribution in [-0.2, 0) is 17.9 Å². The molecule has 3 aromatic rings. The van der Waals surface area contributed by atoms with Crippen LogP contribution in [0.25, 0.3) is 10.9 Å². The fourth-order valence-corrected chi connectivity index (χ4v) is 4.05. The Hall–Kier alpha value is -3.73. The van der Waals surface area contributed by atoms with Gasteiger partial charge in [-0.05, 0) is 30.5 Å². The van der Waals surface area contributed by atoms with Gasteiger partial charge in [0.05, 0.1) is 24.0 Å². The molecule has 3 rings (SSSR count). The zero-order valence-corrected chi connectivity index (χ0v) is 21.5. The van der Waals surface area contributed by atoms with E-state index in [-0.39, 0.29) is 54.4 Å². The highest BCUT2D eigenvalue weighted by Crippen LogP contribution is 2.20. The van der Waals surface area contributed by atoms with Crippen molar-refractivity contribution in [3.05, 3.63) is 61.3 Å². The number of fused-ring (bicyclic) bond motifs is 1. The molecule has 0 atom stereocenters. The number of amides is 1. The fraction of sp³-hybridized carbons (Fsp3) is 0.480. The summed E-state index contributed by atoms with van der Waals surface area (Å²) < 4.78 is 1.29. The highest BCUT2D eigenvalue weighted by atomic mass is 16.2. The quantitative estimate of drug-likeness (QED) is 0.384. The van der Waals surface area contributed by atoms with Crippen LogP contribution in [0.5, 0.6) is 0 Å². The van der Waals surface area contributed by atoms with Crippen LogP contribution >= 0.6 is 0 Å². The van der Waals surface area contributed by atoms with Crippen LogP contribution < -0.4 is 27.4 Å². The fourth-order valence-electron chi connectivity index (χ4n) is 4.05. The lowest BCUT2D eigenvalue weighted by molar-refractivity contribution is -0.120. The van der Waals surface area contributed by atoms with E-state index in [0.717, 1.165) is 0 Å². The molecule has 2 heterocycles. The Morgan fingerprint density at radius 3 is 2.39 bits per heavy atom. The van der Waals surface area contributed by atoms with Gasteiger partial charge < -0.3 is 15.6 Å². The number of carbonyl (C=O) groups is 1. The van der Waals surface area contributed by atoms with E-state index in [4.69, 9.17) is 5.73 Å². The summed E-state index contributed by atoms with van der Waals surface area (Å²) >= 11 is 0. The van der Waals surface area contributed by atoms with Crippen molar-refractivity contribution in [3.63, 3.8) is 0 Å². The maximum atomic E-state index is 13.5. The Labute approximate surface area is 209 Å². The second-order valence-corrected chi connectivity index (χ2v) is 9.73. The number of hydrogen-bond acceptors (Lipinski definition) is 7. The van der Waals surface area contributed by atoms with Crippen molar-refractivity contribution in [1.82, 2.24) is 24.4 Å². The van der Waals surface area contributed by atoms with Crippen LogP contribution in [0.15, 0.2) is 38.6 Å². The lowest BCUT2D eigenvalue weighted by atomic mass is 10.2. The van der Waals surface area contributed by atoms with E-state index in [9.17, 15) is 19.2 Å². The second-order valence-electron chi connectivity index (χ2n) is 9.73. The summed E-state index contributed by atoms with van der Waals surface area (Å²) in [7, 11) is 0. The predicted molar refractivity (Wildman–Crippen MR) is 141 cm³/mol. The number of para-hydroxylation sites is 1. The summed E-state index contributed by atoms with van der Waals surface area (Å²) in [6.45, 7) is 10.8. The molecule has 0 radical (unpaired) electrons. The molecule has 0 fully saturated rings. The summed E-state index contributed by atoms with van der Waals surface area (Å²) in [5.41, 5.74) is 5.29. The number of nitrogen functional groups attached to an aromatic ring is 1. The maximum Gasteiger partial charge on any atom is 0.330 e. The predicted octanol–water partition coefficient (Wildman–Crippen LogP) is 1.52. The van der Waals surface area contributed by atoms with E-state index in [2.05, 4.69) is 15.0 Å². The Balaban J connectivity index is 1.93. The molecule has 1 aromatic carbocycles. The van der Waals surface area contributed by atoms with Crippen molar-refractivity contribution >= 4 is 28.3 Å². The number of aromatic nitrogens is 4. The number of likely N-dealkylation sites (N-methyl/N-ethyl adjacent to an activating group) is 1. The molecule has 0 saturated carbocycles. The first-order valence-electron chi connectivity index (χ1n) is 12.1. The van der Waals surface area contributed by atoms with Crippen LogP contribution in [-0.4, -0.2) is 50.0 Å². The summed E-state index contributed by atoms with van der Waals surface area (Å²) in [6.07, 6.45) is 0. The highest BCUT2D eigenvalue weighted by Gasteiger charge is 2.26. The molecular weight excluding hydrogens is 462 g/mol. The maximum absolute atomic E-state index is 13.5. The van der Waals surface area contributed by atoms with Gasteiger partial charge in [-0.3, -0.25) is 28.8 Å². The first-order chi connectivity index (χ1) is 17.0. The van der Waals surface area contributed by atoms with Gasteiger partial charge in [0.15, 0.2) is 5.69 Å². The van der Waals surface area contributed by atoms with Crippen molar-refractivity contribution in [1.29, 1.82) is 0 Å². The molecule has 2 aromatic heterocycles. The molecule has 1 amide bonds. The van der Waals surface area contributed by atoms with E-state index in [1.165, 1.54) is 9.47 Å². The molecule has 0 spiro atoms. The van der Waals surface area contributed by atoms with Crippen LogP contribution in [0.3, 0.4) is 0 Å². The van der Waals surface area contributed by atoms with Crippen LogP contribution in [0.1, 0.15) is 40.4 Å². The lowest BCUT2D eigenvalue weighted by Gasteiger charge is -2.29. The third kappa shape index (κ3) is 6.09. The van der Waals surface area contributed by atoms with Crippen molar-refractivity contribution in [3.8, 4) is 0 Å². The van der Waals surface area contributed by atoms with E-state index < -0.39 is 11.2 Å². The van der Waals surface area contributed by atoms with Gasteiger partial charge in [-0.2, -0.15) is 0 Å². The van der Waals surface area contributed by atoms with Gasteiger partial charge in [0.1, 0.15) is 11.6 Å². The zero-order valence-electron chi connectivity index (χ0n) is 21.5. The number of nitrogens with zero attached hydrogens (tertiary/aromatic N) is 4. The largest absolute Gasteiger partial charge is 0.383 e. The Bertz CT molecular complexity index is 1400. The van der Waals surface area contributed by atoms with Crippen molar-refractivity contribution in [2.24, 2.45) is 11.8 Å². The average molecular weight is 498 g/mol. The first kappa shape index (κ1) is 26.9. The standard InChI is InChI=1S/C25H35N7O4/c1-6-30(13-19-27-18-10-8-7-9-17(18)23(34)28-19)14-20(33)31(11-15(2)3)21-22(26)32(12-16(4)5)25(36)29-24(21)35/h7-10,15-16H,6,11-14,26H2,1-5H3,(H,27,28,34)(H,29,35,36). The third-order valence-corrected chi connectivity index (χ3v) is 5.72. The number of rotatable bonds is 10. The van der Waals surface area contributed by atoms with E-state index >= 15 is 0 Å². The smallest absolute Gasteiger partial charge is 0.330 e. The molecule has 11 nitrogen and oxygen atoms in total. The van der Waals surface area contributed by atoms with Crippen molar-refractivity contribution in [2.75, 3.05) is 30.3 Å². The number of anilines is 2. The minimum Gasteiger partial charge on any atom is -0.383 e. The second kappa shape index (κ2) is 11.3. The first-order valence-corrected chi connectivity index (χ1v) is 12.1. The number of benzene rings is 1. The number of nitrogens with one attached hydrogen (secondary N) is 2. The molecular formula is C25H35N7O4. The van der Waals surface area contributed by atoms with E-state index in [1.807, 2.05) is 45.6 Å². The van der Waals surface area contributed by atoms with Gasteiger partial charge in [0.2, 0.25) is 5.91 Å². The van der Waals surface area contributed by atoms with Crippen LogP contribution in [0.2, 0.25) is 0 Å². The Morgan fingerprint density at radius 2 is 1.75 bits per heavy atom. The highest BCUT2D eigenvalue weighted by molar-refractivity contribution is 5.96. The van der Waals surface area contributed by atoms with Gasteiger partial charge in [-0.1, -0.05) is 46.8 Å². The number of aromatic amines is 2. The molecule has 194 valence electrons. The summed E-state index contributed by atoms with van der Waals surface area (Å²) in [6, 6.07) is 7.05. The minimum atomic E-state index is -0.699. The number of carbonyl (C=O) groups excluding carboxylic acids is 1. The zero-order chi connectivity index (χ0) is 26.6. The van der Waals surface area contributed by atoms with Gasteiger partial charge >= 0.3 is 5.69 Å². The van der Waals surface area contributed by atoms with Gasteiger partial charge in [-0.15, -0.1) is 0 Å². The normalized spacial score (nSPS) is 11.7. The molecule has 11 heteroatoms. The summed E-state index contributed by atoms with van der Waals surface area (Å²) in [4.78, 5) is 64.0. The summed E-state index contributed by atoms with van der Waals surface area (Å²) in [5, 5.41) is 0.495. The number of H-pyrrole nitrogens is 2. The molecule has 0 aliphatic carbocycles. The molecule has 36 heavy (non-hydrogen) atoms. The molecule has 0 aliphatic rings. The van der Waals surface area contributed by atoms with E-state index in [0.29, 0.717) is 29.8 Å². The van der Waals surface area contributed by atoms with Crippen LogP contribution in [0.4, 0.5) is 11.5 Å². The molecule has 0 saturated heterocycles. The van der Waals surface area contributed by atoms with Crippen molar-refractivity contribution < 1.29 is 4.79 Å². The molecule has 0 unspecified atom stereocenters. The molecule has 0 aliphatic heterocycles. The minimum absolute atomic E-state index is 0.0257. The summed E-state index contributed by atoms with van der Waals surface area (Å²) in [5.74, 6) is 0.194. The van der Waals surface area contributed by atoms with Gasteiger partial charge in [0, 0.05) is 13.1 Å². The van der Waals surface area contributed by atoms with Crippen molar-refractivity contribution in [2.45, 2.75) is 47.7 Å². The van der Waals surface area contributed by atoms with Gasteiger partial charge in [0.25, 0.3) is 11.1 Å². The molecule has 4 N–H and O–H groups in total. The molecule has 0 bridgehead atoms.